The summed E-state index contributed by atoms with van der Waals surface area (Å²) in [6.07, 6.45) is 3.90. The Morgan fingerprint density at radius 3 is 2.68 bits per heavy atom. The van der Waals surface area contributed by atoms with Gasteiger partial charge in [-0.25, -0.2) is 0 Å². The largest absolute Gasteiger partial charge is 0.369 e. The Bertz CT molecular complexity index is 555. The highest BCUT2D eigenvalue weighted by atomic mass is 32.1. The quantitative estimate of drug-likeness (QED) is 0.587. The molecule has 0 atom stereocenters. The second-order valence-electron chi connectivity index (χ2n) is 4.16. The number of aryl methyl sites for hydroxylation is 1. The van der Waals surface area contributed by atoms with Gasteiger partial charge >= 0.3 is 0 Å². The number of ether oxygens (including phenoxy) is 1. The molecular formula is C16H16O2S. The Morgan fingerprint density at radius 1 is 1.21 bits per heavy atom. The monoisotopic (exact) mass is 272 g/mol. The second kappa shape index (κ2) is 7.02. The molecule has 0 unspecified atom stereocenters. The summed E-state index contributed by atoms with van der Waals surface area (Å²) in [7, 11) is 0. The predicted octanol–water partition coefficient (Wildman–Crippen LogP) is 3.97. The maximum Gasteiger partial charge on any atom is 0.198 e. The Labute approximate surface area is 117 Å². The van der Waals surface area contributed by atoms with Crippen molar-refractivity contribution in [3.8, 4) is 0 Å². The van der Waals surface area contributed by atoms with Crippen LogP contribution in [-0.4, -0.2) is 19.0 Å². The maximum atomic E-state index is 11.8. The van der Waals surface area contributed by atoms with Crippen LogP contribution in [0.2, 0.25) is 0 Å². The highest BCUT2D eigenvalue weighted by Gasteiger charge is 2.07. The zero-order valence-electron chi connectivity index (χ0n) is 10.8. The van der Waals surface area contributed by atoms with Crippen LogP contribution in [0.4, 0.5) is 0 Å². The third-order valence-corrected chi connectivity index (χ3v) is 3.61. The molecule has 2 nitrogen and oxygen atoms in total. The van der Waals surface area contributed by atoms with E-state index in [2.05, 4.69) is 0 Å². The van der Waals surface area contributed by atoms with Gasteiger partial charge in [0.2, 0.25) is 0 Å². The Morgan fingerprint density at radius 2 is 2.00 bits per heavy atom. The van der Waals surface area contributed by atoms with E-state index in [9.17, 15) is 4.79 Å². The van der Waals surface area contributed by atoms with E-state index in [1.807, 2.05) is 61.5 Å². The van der Waals surface area contributed by atoms with Crippen LogP contribution >= 0.6 is 11.3 Å². The smallest absolute Gasteiger partial charge is 0.198 e. The van der Waals surface area contributed by atoms with Crippen LogP contribution in [0.1, 0.15) is 20.1 Å². The van der Waals surface area contributed by atoms with Gasteiger partial charge in [-0.2, -0.15) is 0 Å². The van der Waals surface area contributed by atoms with E-state index in [0.29, 0.717) is 6.61 Å². The van der Waals surface area contributed by atoms with Crippen molar-refractivity contribution in [1.29, 1.82) is 0 Å². The normalized spacial score (nSPS) is 11.0. The number of hydrogen-bond acceptors (Lipinski definition) is 3. The lowest BCUT2D eigenvalue weighted by atomic mass is 10.2. The summed E-state index contributed by atoms with van der Waals surface area (Å²) in [4.78, 5) is 13.7. The molecule has 19 heavy (non-hydrogen) atoms. The average molecular weight is 272 g/mol. The molecule has 0 aliphatic heterocycles. The van der Waals surface area contributed by atoms with E-state index < -0.39 is 0 Å². The number of ketones is 1. The highest BCUT2D eigenvalue weighted by Crippen LogP contribution is 2.15. The first-order valence-electron chi connectivity index (χ1n) is 6.14. The number of thiophene rings is 1. The molecule has 0 N–H and O–H groups in total. The zero-order valence-corrected chi connectivity index (χ0v) is 11.7. The minimum absolute atomic E-state index is 0.0474. The standard InChI is InChI=1S/C16H16O2S/c1-13-9-10-16(19-13)15(17)12-18-11-5-8-14-6-3-2-4-7-14/h2-10H,11-12H2,1H3. The lowest BCUT2D eigenvalue weighted by molar-refractivity contribution is 0.0811. The molecule has 0 amide bonds. The third kappa shape index (κ3) is 4.47. The number of benzene rings is 1. The lowest BCUT2D eigenvalue weighted by Gasteiger charge is -1.98. The fourth-order valence-electron chi connectivity index (χ4n) is 1.62. The van der Waals surface area contributed by atoms with Crippen molar-refractivity contribution >= 4 is 23.2 Å². The van der Waals surface area contributed by atoms with E-state index in [1.54, 1.807) is 0 Å². The summed E-state index contributed by atoms with van der Waals surface area (Å²) in [6, 6.07) is 13.8. The van der Waals surface area contributed by atoms with Gasteiger partial charge < -0.3 is 4.74 Å². The zero-order chi connectivity index (χ0) is 13.5. The number of hydrogen-bond donors (Lipinski definition) is 0. The van der Waals surface area contributed by atoms with E-state index in [4.69, 9.17) is 4.74 Å². The molecule has 0 bridgehead atoms. The van der Waals surface area contributed by atoms with Gasteiger partial charge in [0, 0.05) is 4.88 Å². The van der Waals surface area contributed by atoms with Crippen LogP contribution in [0.5, 0.6) is 0 Å². The number of carbonyl (C=O) groups is 1. The van der Waals surface area contributed by atoms with Crippen molar-refractivity contribution in [1.82, 2.24) is 0 Å². The first-order chi connectivity index (χ1) is 9.25. The van der Waals surface area contributed by atoms with Gasteiger partial charge in [-0.15, -0.1) is 11.3 Å². The summed E-state index contributed by atoms with van der Waals surface area (Å²) in [5.74, 6) is 0.0474. The topological polar surface area (TPSA) is 26.3 Å². The van der Waals surface area contributed by atoms with Crippen LogP contribution < -0.4 is 0 Å². The SMILES string of the molecule is Cc1ccc(C(=O)COCC=Cc2ccccc2)s1. The molecule has 0 saturated heterocycles. The number of carbonyl (C=O) groups excluding carboxylic acids is 1. The molecular weight excluding hydrogens is 256 g/mol. The van der Waals surface area contributed by atoms with E-state index in [1.165, 1.54) is 11.3 Å². The highest BCUT2D eigenvalue weighted by molar-refractivity contribution is 7.14. The van der Waals surface area contributed by atoms with Crippen molar-refractivity contribution in [2.75, 3.05) is 13.2 Å². The van der Waals surface area contributed by atoms with E-state index >= 15 is 0 Å². The van der Waals surface area contributed by atoms with Gasteiger partial charge in [0.25, 0.3) is 0 Å². The second-order valence-corrected chi connectivity index (χ2v) is 5.45. The fourth-order valence-corrected chi connectivity index (χ4v) is 2.42. The van der Waals surface area contributed by atoms with Gasteiger partial charge in [0.1, 0.15) is 6.61 Å². The Balaban J connectivity index is 1.72. The van der Waals surface area contributed by atoms with Crippen molar-refractivity contribution in [3.05, 3.63) is 63.9 Å². The molecule has 0 aliphatic rings. The molecule has 2 rings (SSSR count). The predicted molar refractivity (Wildman–Crippen MR) is 79.7 cm³/mol. The molecule has 0 radical (unpaired) electrons. The molecule has 1 heterocycles. The summed E-state index contributed by atoms with van der Waals surface area (Å²) < 4.78 is 5.35. The van der Waals surface area contributed by atoms with Gasteiger partial charge in [-0.1, -0.05) is 42.5 Å². The van der Waals surface area contributed by atoms with E-state index in [0.717, 1.165) is 15.3 Å². The molecule has 1 aromatic carbocycles. The van der Waals surface area contributed by atoms with Crippen LogP contribution in [0.15, 0.2) is 48.5 Å². The summed E-state index contributed by atoms with van der Waals surface area (Å²) in [5, 5.41) is 0. The molecule has 1 aromatic heterocycles. The number of Topliss-reactive ketones (excluding diaryl/α,β-unsaturated/α-hetero) is 1. The van der Waals surface area contributed by atoms with Crippen LogP contribution in [0.3, 0.4) is 0 Å². The molecule has 98 valence electrons. The summed E-state index contributed by atoms with van der Waals surface area (Å²) in [6.45, 7) is 2.58. The minimum atomic E-state index is 0.0474. The molecule has 0 fully saturated rings. The number of rotatable bonds is 6. The van der Waals surface area contributed by atoms with Crippen LogP contribution in [-0.2, 0) is 4.74 Å². The van der Waals surface area contributed by atoms with Gasteiger partial charge in [-0.3, -0.25) is 4.79 Å². The molecule has 0 spiro atoms. The van der Waals surface area contributed by atoms with Crippen LogP contribution in [0.25, 0.3) is 6.08 Å². The van der Waals surface area contributed by atoms with Crippen molar-refractivity contribution < 1.29 is 9.53 Å². The first kappa shape index (κ1) is 13.7. The van der Waals surface area contributed by atoms with Gasteiger partial charge in [-0.05, 0) is 24.6 Å². The Hall–Kier alpha value is -1.71. The molecule has 2 aromatic rings. The molecule has 0 aliphatic carbocycles. The lowest BCUT2D eigenvalue weighted by Crippen LogP contribution is -2.07. The van der Waals surface area contributed by atoms with Crippen molar-refractivity contribution in [2.45, 2.75) is 6.92 Å². The van der Waals surface area contributed by atoms with Gasteiger partial charge in [0.15, 0.2) is 5.78 Å². The third-order valence-electron chi connectivity index (χ3n) is 2.57. The first-order valence-corrected chi connectivity index (χ1v) is 6.96. The average Bonchev–Trinajstić information content (AvgIpc) is 2.86. The fraction of sp³-hybridized carbons (Fsp3) is 0.188. The van der Waals surface area contributed by atoms with Crippen molar-refractivity contribution in [3.63, 3.8) is 0 Å². The maximum absolute atomic E-state index is 11.8. The van der Waals surface area contributed by atoms with Gasteiger partial charge in [0.05, 0.1) is 11.5 Å². The molecule has 0 saturated carbocycles. The minimum Gasteiger partial charge on any atom is -0.369 e. The van der Waals surface area contributed by atoms with Crippen LogP contribution in [0, 0.1) is 6.92 Å². The Kier molecular flexibility index (Phi) is 5.07. The summed E-state index contributed by atoms with van der Waals surface area (Å²) in [5.41, 5.74) is 1.13. The van der Waals surface area contributed by atoms with Crippen molar-refractivity contribution in [2.24, 2.45) is 0 Å². The summed E-state index contributed by atoms with van der Waals surface area (Å²) >= 11 is 1.51. The molecule has 3 heteroatoms. The van der Waals surface area contributed by atoms with E-state index in [-0.39, 0.29) is 12.4 Å².